The highest BCUT2D eigenvalue weighted by Crippen LogP contribution is 2.27. The molecule has 2 nitrogen and oxygen atoms in total. The maximum atomic E-state index is 9.37. The van der Waals surface area contributed by atoms with Gasteiger partial charge in [-0.3, -0.25) is 0 Å². The largest absolute Gasteiger partial charge is 0.508 e. The third-order valence-corrected chi connectivity index (χ3v) is 3.31. The number of phenols is 1. The summed E-state index contributed by atoms with van der Waals surface area (Å²) in [6.07, 6.45) is 5.24. The van der Waals surface area contributed by atoms with Gasteiger partial charge in [0.25, 0.3) is 0 Å². The summed E-state index contributed by atoms with van der Waals surface area (Å²) >= 11 is 0. The Labute approximate surface area is 91.3 Å². The van der Waals surface area contributed by atoms with Gasteiger partial charge in [-0.25, -0.2) is 0 Å². The molecule has 1 saturated carbocycles. The van der Waals surface area contributed by atoms with E-state index in [1.165, 1.54) is 25.7 Å². The van der Waals surface area contributed by atoms with Crippen LogP contribution in [0, 0.1) is 5.92 Å². The molecule has 0 saturated heterocycles. The lowest BCUT2D eigenvalue weighted by molar-refractivity contribution is 0.349. The highest BCUT2D eigenvalue weighted by Gasteiger charge is 2.20. The van der Waals surface area contributed by atoms with Crippen LogP contribution >= 0.6 is 0 Å². The lowest BCUT2D eigenvalue weighted by Crippen LogP contribution is -2.30. The summed E-state index contributed by atoms with van der Waals surface area (Å²) in [6, 6.07) is 7.96. The van der Waals surface area contributed by atoms with Gasteiger partial charge in [0, 0.05) is 17.8 Å². The average Bonchev–Trinajstić information content (AvgIpc) is 2.22. The van der Waals surface area contributed by atoms with Crippen molar-refractivity contribution in [3.05, 3.63) is 24.3 Å². The van der Waals surface area contributed by atoms with Crippen LogP contribution in [0.3, 0.4) is 0 Å². The molecule has 0 spiro atoms. The van der Waals surface area contributed by atoms with E-state index in [2.05, 4.69) is 12.2 Å². The SMILES string of the molecule is CC1CCCCC1Nc1cccc(O)c1. The number of nitrogens with one attached hydrogen (secondary N) is 1. The van der Waals surface area contributed by atoms with E-state index in [0.717, 1.165) is 11.6 Å². The number of hydrogen-bond donors (Lipinski definition) is 2. The minimum absolute atomic E-state index is 0.337. The first-order chi connectivity index (χ1) is 7.25. The molecule has 1 fully saturated rings. The maximum Gasteiger partial charge on any atom is 0.117 e. The van der Waals surface area contributed by atoms with Crippen molar-refractivity contribution in [2.24, 2.45) is 5.92 Å². The van der Waals surface area contributed by atoms with Crippen molar-refractivity contribution < 1.29 is 5.11 Å². The van der Waals surface area contributed by atoms with Gasteiger partial charge in [0.15, 0.2) is 0 Å². The van der Waals surface area contributed by atoms with Crippen molar-refractivity contribution in [1.29, 1.82) is 0 Å². The lowest BCUT2D eigenvalue weighted by Gasteiger charge is -2.30. The molecule has 0 radical (unpaired) electrons. The van der Waals surface area contributed by atoms with E-state index in [-0.39, 0.29) is 0 Å². The van der Waals surface area contributed by atoms with E-state index >= 15 is 0 Å². The highest BCUT2D eigenvalue weighted by molar-refractivity contribution is 5.48. The zero-order valence-corrected chi connectivity index (χ0v) is 9.24. The molecular formula is C13H19NO. The van der Waals surface area contributed by atoms with Gasteiger partial charge in [-0.1, -0.05) is 25.8 Å². The third-order valence-electron chi connectivity index (χ3n) is 3.31. The van der Waals surface area contributed by atoms with Gasteiger partial charge in [0.1, 0.15) is 5.75 Å². The Balaban J connectivity index is 2.01. The monoisotopic (exact) mass is 205 g/mol. The lowest BCUT2D eigenvalue weighted by atomic mass is 9.86. The van der Waals surface area contributed by atoms with E-state index in [9.17, 15) is 5.11 Å². The summed E-state index contributed by atoms with van der Waals surface area (Å²) < 4.78 is 0. The van der Waals surface area contributed by atoms with Crippen LogP contribution in [-0.4, -0.2) is 11.1 Å². The molecule has 2 N–H and O–H groups in total. The maximum absolute atomic E-state index is 9.37. The zero-order chi connectivity index (χ0) is 10.7. The molecule has 0 heterocycles. The Hall–Kier alpha value is -1.18. The number of hydrogen-bond acceptors (Lipinski definition) is 2. The van der Waals surface area contributed by atoms with Crippen molar-refractivity contribution in [3.8, 4) is 5.75 Å². The molecule has 2 atom stereocenters. The van der Waals surface area contributed by atoms with E-state index in [1.54, 1.807) is 12.1 Å². The van der Waals surface area contributed by atoms with Crippen LogP contribution in [0.5, 0.6) is 5.75 Å². The molecule has 1 aromatic carbocycles. The number of aromatic hydroxyl groups is 1. The second-order valence-corrected chi connectivity index (χ2v) is 4.56. The Morgan fingerprint density at radius 1 is 1.27 bits per heavy atom. The number of anilines is 1. The molecule has 2 unspecified atom stereocenters. The molecule has 82 valence electrons. The van der Waals surface area contributed by atoms with Crippen LogP contribution in [0.2, 0.25) is 0 Å². The van der Waals surface area contributed by atoms with Gasteiger partial charge in [-0.2, -0.15) is 0 Å². The van der Waals surface area contributed by atoms with Crippen LogP contribution in [0.25, 0.3) is 0 Å². The fraction of sp³-hybridized carbons (Fsp3) is 0.538. The van der Waals surface area contributed by atoms with Gasteiger partial charge < -0.3 is 10.4 Å². The minimum Gasteiger partial charge on any atom is -0.508 e. The van der Waals surface area contributed by atoms with E-state index in [0.29, 0.717) is 11.8 Å². The molecule has 0 aromatic heterocycles. The van der Waals surface area contributed by atoms with Gasteiger partial charge in [-0.05, 0) is 30.9 Å². The van der Waals surface area contributed by atoms with Crippen LogP contribution in [-0.2, 0) is 0 Å². The van der Waals surface area contributed by atoms with E-state index in [4.69, 9.17) is 0 Å². The van der Waals surface area contributed by atoms with E-state index in [1.807, 2.05) is 12.1 Å². The topological polar surface area (TPSA) is 32.3 Å². The van der Waals surface area contributed by atoms with Crippen molar-refractivity contribution in [3.63, 3.8) is 0 Å². The fourth-order valence-electron chi connectivity index (χ4n) is 2.34. The molecule has 1 aromatic rings. The Kier molecular flexibility index (Phi) is 3.14. The predicted octanol–water partition coefficient (Wildman–Crippen LogP) is 3.38. The van der Waals surface area contributed by atoms with Crippen LogP contribution in [0.1, 0.15) is 32.6 Å². The first-order valence-electron chi connectivity index (χ1n) is 5.81. The van der Waals surface area contributed by atoms with Crippen LogP contribution < -0.4 is 5.32 Å². The summed E-state index contributed by atoms with van der Waals surface area (Å²) in [7, 11) is 0. The second-order valence-electron chi connectivity index (χ2n) is 4.56. The standard InChI is InChI=1S/C13H19NO/c1-10-5-2-3-8-13(10)14-11-6-4-7-12(15)9-11/h4,6-7,9-10,13-15H,2-3,5,8H2,1H3. The predicted molar refractivity (Wildman–Crippen MR) is 63.1 cm³/mol. The quantitative estimate of drug-likeness (QED) is 0.775. The summed E-state index contributed by atoms with van der Waals surface area (Å²) in [6.45, 7) is 2.31. The van der Waals surface area contributed by atoms with Crippen molar-refractivity contribution in [2.75, 3.05) is 5.32 Å². The molecule has 0 bridgehead atoms. The number of phenolic OH excluding ortho intramolecular Hbond substituents is 1. The van der Waals surface area contributed by atoms with Crippen molar-refractivity contribution in [2.45, 2.75) is 38.6 Å². The zero-order valence-electron chi connectivity index (χ0n) is 9.24. The molecule has 0 amide bonds. The van der Waals surface area contributed by atoms with Crippen molar-refractivity contribution >= 4 is 5.69 Å². The van der Waals surface area contributed by atoms with Crippen LogP contribution in [0.15, 0.2) is 24.3 Å². The summed E-state index contributed by atoms with van der Waals surface area (Å²) in [5, 5.41) is 12.9. The molecule has 0 aliphatic heterocycles. The number of benzene rings is 1. The normalized spacial score (nSPS) is 26.2. The molecule has 1 aliphatic carbocycles. The van der Waals surface area contributed by atoms with Gasteiger partial charge in [0.05, 0.1) is 0 Å². The fourth-order valence-corrected chi connectivity index (χ4v) is 2.34. The summed E-state index contributed by atoms with van der Waals surface area (Å²) in [5.74, 6) is 1.07. The minimum atomic E-state index is 0.337. The second kappa shape index (κ2) is 4.56. The third kappa shape index (κ3) is 2.65. The molecular weight excluding hydrogens is 186 g/mol. The van der Waals surface area contributed by atoms with E-state index < -0.39 is 0 Å². The highest BCUT2D eigenvalue weighted by atomic mass is 16.3. The van der Waals surface area contributed by atoms with Crippen molar-refractivity contribution in [1.82, 2.24) is 0 Å². The van der Waals surface area contributed by atoms with Gasteiger partial charge in [-0.15, -0.1) is 0 Å². The molecule has 15 heavy (non-hydrogen) atoms. The Morgan fingerprint density at radius 3 is 2.80 bits per heavy atom. The van der Waals surface area contributed by atoms with Crippen LogP contribution in [0.4, 0.5) is 5.69 Å². The summed E-state index contributed by atoms with van der Waals surface area (Å²) in [4.78, 5) is 0. The first-order valence-corrected chi connectivity index (χ1v) is 5.81. The molecule has 2 rings (SSSR count). The molecule has 2 heteroatoms. The first kappa shape index (κ1) is 10.3. The van der Waals surface area contributed by atoms with Gasteiger partial charge in [0.2, 0.25) is 0 Å². The molecule has 1 aliphatic rings. The summed E-state index contributed by atoms with van der Waals surface area (Å²) in [5.41, 5.74) is 1.04. The number of rotatable bonds is 2. The average molecular weight is 205 g/mol. The Bertz CT molecular complexity index is 324. The smallest absolute Gasteiger partial charge is 0.117 e. The van der Waals surface area contributed by atoms with Gasteiger partial charge >= 0.3 is 0 Å². The Morgan fingerprint density at radius 2 is 2.07 bits per heavy atom.